The zero-order valence-electron chi connectivity index (χ0n) is 11.5. The van der Waals surface area contributed by atoms with Gasteiger partial charge < -0.3 is 11.5 Å². The first kappa shape index (κ1) is 17.7. The molecule has 0 spiro atoms. The minimum Gasteiger partial charge on any atom is -0.402 e. The lowest BCUT2D eigenvalue weighted by Gasteiger charge is -2.07. The molecular formula is C15H20N2O2S. The van der Waals surface area contributed by atoms with Crippen LogP contribution in [0, 0.1) is 0 Å². The fourth-order valence-electron chi connectivity index (χ4n) is 1.25. The first-order chi connectivity index (χ1) is 9.29. The molecule has 0 radical (unpaired) electrons. The summed E-state index contributed by atoms with van der Waals surface area (Å²) < 4.78 is 25.1. The van der Waals surface area contributed by atoms with Gasteiger partial charge in [-0.1, -0.05) is 31.9 Å². The van der Waals surface area contributed by atoms with Gasteiger partial charge in [-0.3, -0.25) is 0 Å². The lowest BCUT2D eigenvalue weighted by atomic mass is 10.3. The first-order valence-electron chi connectivity index (χ1n) is 5.73. The Morgan fingerprint density at radius 2 is 1.40 bits per heavy atom. The molecular weight excluding hydrogens is 272 g/mol. The van der Waals surface area contributed by atoms with Crippen LogP contribution in [0.2, 0.25) is 0 Å². The van der Waals surface area contributed by atoms with Crippen molar-refractivity contribution in [2.24, 2.45) is 11.5 Å². The molecule has 0 aliphatic heterocycles. The van der Waals surface area contributed by atoms with E-state index in [2.05, 4.69) is 19.7 Å². The second-order valence-corrected chi connectivity index (χ2v) is 5.80. The molecule has 0 amide bonds. The highest BCUT2D eigenvalue weighted by atomic mass is 32.2. The van der Waals surface area contributed by atoms with E-state index in [1.807, 2.05) is 0 Å². The Balaban J connectivity index is 6.13. The van der Waals surface area contributed by atoms with Crippen LogP contribution >= 0.6 is 0 Å². The molecule has 0 aliphatic rings. The van der Waals surface area contributed by atoms with E-state index < -0.39 is 9.84 Å². The van der Waals surface area contributed by atoms with Crippen LogP contribution in [0.1, 0.15) is 6.92 Å². The molecule has 0 saturated carbocycles. The fourth-order valence-corrected chi connectivity index (χ4v) is 2.70. The van der Waals surface area contributed by atoms with Gasteiger partial charge in [0, 0.05) is 11.4 Å². The predicted octanol–water partition coefficient (Wildman–Crippen LogP) is 2.43. The van der Waals surface area contributed by atoms with Crippen LogP contribution in [0.15, 0.2) is 83.5 Å². The highest BCUT2D eigenvalue weighted by Crippen LogP contribution is 2.21. The summed E-state index contributed by atoms with van der Waals surface area (Å²) in [6.07, 6.45) is 9.46. The molecule has 5 heteroatoms. The summed E-state index contributed by atoms with van der Waals surface area (Å²) in [5.74, 6) is 0. The highest BCUT2D eigenvalue weighted by molar-refractivity contribution is 7.99. The van der Waals surface area contributed by atoms with E-state index in [0.717, 1.165) is 0 Å². The molecule has 4 N–H and O–H groups in total. The smallest absolute Gasteiger partial charge is 0.206 e. The summed E-state index contributed by atoms with van der Waals surface area (Å²) in [5.41, 5.74) is 11.7. The Kier molecular flexibility index (Phi) is 7.10. The Morgan fingerprint density at radius 1 is 0.950 bits per heavy atom. The van der Waals surface area contributed by atoms with E-state index >= 15 is 0 Å². The lowest BCUT2D eigenvalue weighted by Crippen LogP contribution is -2.08. The number of nitrogens with two attached hydrogens (primary N) is 2. The molecule has 0 aliphatic carbocycles. The monoisotopic (exact) mass is 292 g/mol. The molecule has 0 aromatic heterocycles. The van der Waals surface area contributed by atoms with Crippen molar-refractivity contribution in [2.45, 2.75) is 6.92 Å². The van der Waals surface area contributed by atoms with Crippen molar-refractivity contribution < 1.29 is 8.42 Å². The molecule has 4 nitrogen and oxygen atoms in total. The molecule has 0 rings (SSSR count). The maximum Gasteiger partial charge on any atom is 0.206 e. The predicted molar refractivity (Wildman–Crippen MR) is 85.9 cm³/mol. The number of hydrogen-bond donors (Lipinski definition) is 2. The normalized spacial score (nSPS) is 14.8. The lowest BCUT2D eigenvalue weighted by molar-refractivity contribution is 0.609. The van der Waals surface area contributed by atoms with Crippen molar-refractivity contribution in [1.82, 2.24) is 0 Å². The zero-order chi connectivity index (χ0) is 15.8. The van der Waals surface area contributed by atoms with Gasteiger partial charge in [0.2, 0.25) is 9.84 Å². The van der Waals surface area contributed by atoms with E-state index in [9.17, 15) is 8.42 Å². The Bertz CT molecular complexity index is 614. The third-order valence-corrected chi connectivity index (χ3v) is 3.85. The molecule has 0 heterocycles. The second-order valence-electron chi connectivity index (χ2n) is 3.85. The van der Waals surface area contributed by atoms with Gasteiger partial charge >= 0.3 is 0 Å². The molecule has 0 aromatic carbocycles. The van der Waals surface area contributed by atoms with Gasteiger partial charge in [-0.15, -0.1) is 0 Å². The van der Waals surface area contributed by atoms with Gasteiger partial charge in [-0.05, 0) is 37.3 Å². The van der Waals surface area contributed by atoms with E-state index in [1.165, 1.54) is 42.5 Å². The van der Waals surface area contributed by atoms with Crippen molar-refractivity contribution in [2.75, 3.05) is 0 Å². The SMILES string of the molecule is C=C/C=C(\C=C(/C)N)S(=O)(=O)C(/C=C(/N)C=C)=C/C=C. The van der Waals surface area contributed by atoms with Crippen LogP contribution in [0.4, 0.5) is 0 Å². The third kappa shape index (κ3) is 5.16. The fraction of sp³-hybridized carbons (Fsp3) is 0.0667. The Hall–Kier alpha value is -2.27. The minimum absolute atomic E-state index is 0.00417. The van der Waals surface area contributed by atoms with Gasteiger partial charge in [0.25, 0.3) is 0 Å². The molecule has 108 valence electrons. The van der Waals surface area contributed by atoms with Gasteiger partial charge in [-0.2, -0.15) is 0 Å². The van der Waals surface area contributed by atoms with E-state index in [0.29, 0.717) is 5.70 Å². The van der Waals surface area contributed by atoms with Crippen LogP contribution in [0.3, 0.4) is 0 Å². The summed E-state index contributed by atoms with van der Waals surface area (Å²) in [6, 6.07) is 0. The molecule has 0 fully saturated rings. The second kappa shape index (κ2) is 8.01. The third-order valence-electron chi connectivity index (χ3n) is 2.10. The average Bonchev–Trinajstić information content (AvgIpc) is 2.37. The molecule has 20 heavy (non-hydrogen) atoms. The van der Waals surface area contributed by atoms with Crippen LogP contribution in [0.25, 0.3) is 0 Å². The van der Waals surface area contributed by atoms with Gasteiger partial charge in [0.1, 0.15) is 0 Å². The average molecular weight is 292 g/mol. The quantitative estimate of drug-likeness (QED) is 0.706. The van der Waals surface area contributed by atoms with Crippen molar-refractivity contribution in [3.05, 3.63) is 83.5 Å². The van der Waals surface area contributed by atoms with E-state index in [4.69, 9.17) is 11.5 Å². The summed E-state index contributed by atoms with van der Waals surface area (Å²) >= 11 is 0. The summed E-state index contributed by atoms with van der Waals surface area (Å²) in [5, 5.41) is 0. The van der Waals surface area contributed by atoms with Crippen LogP contribution in [-0.2, 0) is 9.84 Å². The number of sulfone groups is 1. The molecule has 0 unspecified atom stereocenters. The minimum atomic E-state index is -3.77. The highest BCUT2D eigenvalue weighted by Gasteiger charge is 2.19. The molecule has 0 saturated heterocycles. The zero-order valence-corrected chi connectivity index (χ0v) is 12.4. The van der Waals surface area contributed by atoms with Gasteiger partial charge in [0.05, 0.1) is 9.81 Å². The number of allylic oxidation sites excluding steroid dienone is 8. The van der Waals surface area contributed by atoms with Crippen molar-refractivity contribution >= 4 is 9.84 Å². The van der Waals surface area contributed by atoms with E-state index in [1.54, 1.807) is 6.92 Å². The maximum atomic E-state index is 12.5. The Labute approximate surface area is 120 Å². The largest absolute Gasteiger partial charge is 0.402 e. The van der Waals surface area contributed by atoms with Crippen LogP contribution in [0.5, 0.6) is 0 Å². The molecule has 0 aromatic rings. The number of rotatable bonds is 7. The molecule has 0 bridgehead atoms. The van der Waals surface area contributed by atoms with Gasteiger partial charge in [-0.25, -0.2) is 8.42 Å². The Morgan fingerprint density at radius 3 is 1.75 bits per heavy atom. The molecule has 0 atom stereocenters. The topological polar surface area (TPSA) is 86.2 Å². The van der Waals surface area contributed by atoms with Crippen molar-refractivity contribution in [3.8, 4) is 0 Å². The number of hydrogen-bond acceptors (Lipinski definition) is 4. The maximum absolute atomic E-state index is 12.5. The van der Waals surface area contributed by atoms with Crippen molar-refractivity contribution in [3.63, 3.8) is 0 Å². The van der Waals surface area contributed by atoms with Gasteiger partial charge in [0.15, 0.2) is 0 Å². The van der Waals surface area contributed by atoms with Crippen LogP contribution < -0.4 is 11.5 Å². The first-order valence-corrected chi connectivity index (χ1v) is 7.21. The standard InChI is InChI=1S/C15H20N2O2S/c1-5-8-14(10-12(4)16)20(18,19)15(9-6-2)11-13(17)7-3/h5-11H,1-3,16-17H2,4H3/b12-10+,13-11+,14-8+,15-9+. The summed E-state index contributed by atoms with van der Waals surface area (Å²) in [6.45, 7) is 12.1. The summed E-state index contributed by atoms with van der Waals surface area (Å²) in [7, 11) is -3.77. The van der Waals surface area contributed by atoms with Crippen molar-refractivity contribution in [1.29, 1.82) is 0 Å². The summed E-state index contributed by atoms with van der Waals surface area (Å²) in [4.78, 5) is 0.0178. The van der Waals surface area contributed by atoms with E-state index in [-0.39, 0.29) is 15.5 Å². The van der Waals surface area contributed by atoms with Crippen LogP contribution in [-0.4, -0.2) is 8.42 Å².